The van der Waals surface area contributed by atoms with Crippen molar-refractivity contribution >= 4 is 44.5 Å². The molecule has 0 radical (unpaired) electrons. The van der Waals surface area contributed by atoms with Crippen LogP contribution in [-0.2, 0) is 24.4 Å². The van der Waals surface area contributed by atoms with Crippen molar-refractivity contribution in [3.05, 3.63) is 12.1 Å². The van der Waals surface area contributed by atoms with E-state index in [-0.39, 0.29) is 29.1 Å². The molecule has 4 unspecified atom stereocenters. The van der Waals surface area contributed by atoms with Gasteiger partial charge in [0.2, 0.25) is 11.9 Å². The third-order valence-corrected chi connectivity index (χ3v) is 10.7. The summed E-state index contributed by atoms with van der Waals surface area (Å²) in [5, 5.41) is 2.43. The molecular weight excluding hydrogens is 578 g/mol. The van der Waals surface area contributed by atoms with Crippen molar-refractivity contribution in [3.63, 3.8) is 0 Å². The Bertz CT molecular complexity index is 1480. The summed E-state index contributed by atoms with van der Waals surface area (Å²) in [5.41, 5.74) is 5.89. The van der Waals surface area contributed by atoms with Gasteiger partial charge in [0.25, 0.3) is 10.1 Å². The molecule has 2 saturated carbocycles. The highest BCUT2D eigenvalue weighted by Crippen LogP contribution is 2.64. The van der Waals surface area contributed by atoms with Crippen molar-refractivity contribution in [2.24, 2.45) is 16.7 Å². The minimum absolute atomic E-state index is 0.0348. The average molecular weight is 622 g/mol. The molecule has 13 nitrogen and oxygen atoms in total. The van der Waals surface area contributed by atoms with E-state index in [9.17, 15) is 18.0 Å². The molecule has 1 aromatic heterocycles. The van der Waals surface area contributed by atoms with Gasteiger partial charge < -0.3 is 30.2 Å². The second-order valence-electron chi connectivity index (χ2n) is 12.2. The molecule has 2 heterocycles. The molecule has 1 saturated heterocycles. The normalized spacial score (nSPS) is 25.7. The van der Waals surface area contributed by atoms with E-state index < -0.39 is 20.8 Å². The minimum atomic E-state index is -4.24. The van der Waals surface area contributed by atoms with Crippen molar-refractivity contribution < 1.29 is 36.8 Å². The molecule has 3 fully saturated rings. The summed E-state index contributed by atoms with van der Waals surface area (Å²) in [4.78, 5) is 34.9. The number of methoxy groups -OCH3 is 2. The number of nitrogen functional groups attached to an aromatic ring is 1. The first-order valence-electron chi connectivity index (χ1n) is 14.5. The Morgan fingerprint density at radius 2 is 1.86 bits per heavy atom. The zero-order valence-electron chi connectivity index (χ0n) is 25.7. The van der Waals surface area contributed by atoms with Crippen LogP contribution in [0.4, 0.5) is 11.8 Å². The molecule has 4 N–H and O–H groups in total. The Morgan fingerprint density at radius 1 is 1.19 bits per heavy atom. The highest BCUT2D eigenvalue weighted by molar-refractivity contribution is 7.87. The van der Waals surface area contributed by atoms with E-state index in [4.69, 9.17) is 24.5 Å². The molecule has 1 aliphatic heterocycles. The fraction of sp³-hybridized carbons (Fsp3) is 0.655. The molecule has 43 heavy (non-hydrogen) atoms. The van der Waals surface area contributed by atoms with E-state index in [1.807, 2.05) is 32.7 Å². The molecule has 3 aliphatic rings. The number of rotatable bonds is 9. The van der Waals surface area contributed by atoms with E-state index >= 15 is 0 Å². The number of amides is 1. The predicted molar refractivity (Wildman–Crippen MR) is 162 cm³/mol. The molecular formula is C29H43N5O8S. The van der Waals surface area contributed by atoms with Gasteiger partial charge in [-0.25, -0.2) is 4.98 Å². The lowest BCUT2D eigenvalue weighted by Gasteiger charge is -2.32. The number of hydrogen-bond donors (Lipinski definition) is 3. The van der Waals surface area contributed by atoms with E-state index in [1.165, 1.54) is 0 Å². The Morgan fingerprint density at radius 3 is 2.40 bits per heavy atom. The lowest BCUT2D eigenvalue weighted by Crippen LogP contribution is -2.38. The largest absolute Gasteiger partial charge is 0.493 e. The summed E-state index contributed by atoms with van der Waals surface area (Å²) in [6.45, 7) is 7.57. The topological polar surface area (TPSA) is 183 Å². The number of nitrogens with zero attached hydrogens (tertiary/aromatic N) is 3. The number of anilines is 2. The van der Waals surface area contributed by atoms with Crippen molar-refractivity contribution in [1.82, 2.24) is 15.3 Å². The summed E-state index contributed by atoms with van der Waals surface area (Å²) >= 11 is 0. The van der Waals surface area contributed by atoms with Gasteiger partial charge in [0.1, 0.15) is 17.2 Å². The number of fused-ring (bicyclic) bond motifs is 3. The van der Waals surface area contributed by atoms with E-state index in [2.05, 4.69) is 15.3 Å². The molecule has 2 bridgehead atoms. The van der Waals surface area contributed by atoms with Crippen molar-refractivity contribution in [1.29, 1.82) is 0 Å². The number of ether oxygens (including phenoxy) is 3. The SMILES string of the molecule is CC12CCC(C(S(=O)(=O)O)C1=O)C2(C)C.COc1cc2nc(N(C)CCCNC(=O)C3CCCO3)nc(N)c2cc1OC. The minimum Gasteiger partial charge on any atom is -0.493 e. The summed E-state index contributed by atoms with van der Waals surface area (Å²) in [6.07, 6.45) is 3.63. The number of carbonyl (C=O) groups excluding carboxylic acids is 2. The molecule has 0 spiro atoms. The highest BCUT2D eigenvalue weighted by atomic mass is 32.2. The maximum atomic E-state index is 12.0. The van der Waals surface area contributed by atoms with Gasteiger partial charge in [-0.3, -0.25) is 14.1 Å². The predicted octanol–water partition coefficient (Wildman–Crippen LogP) is 2.62. The Balaban J connectivity index is 0.000000237. The first kappa shape index (κ1) is 32.7. The average Bonchev–Trinajstić information content (AvgIpc) is 3.61. The number of ketones is 1. The van der Waals surface area contributed by atoms with Gasteiger partial charge in [0.05, 0.1) is 19.7 Å². The van der Waals surface area contributed by atoms with Gasteiger partial charge in [0, 0.05) is 43.6 Å². The maximum Gasteiger partial charge on any atom is 0.275 e. The van der Waals surface area contributed by atoms with Crippen LogP contribution in [0, 0.1) is 16.7 Å². The van der Waals surface area contributed by atoms with Crippen molar-refractivity contribution in [2.45, 2.75) is 64.2 Å². The van der Waals surface area contributed by atoms with Crippen LogP contribution in [0.1, 0.15) is 52.9 Å². The maximum absolute atomic E-state index is 12.0. The smallest absolute Gasteiger partial charge is 0.275 e. The van der Waals surface area contributed by atoms with Crippen molar-refractivity contribution in [3.8, 4) is 11.5 Å². The van der Waals surface area contributed by atoms with Gasteiger partial charge in [-0.1, -0.05) is 20.8 Å². The van der Waals surface area contributed by atoms with Crippen LogP contribution in [0.2, 0.25) is 0 Å². The second-order valence-corrected chi connectivity index (χ2v) is 13.7. The summed E-state index contributed by atoms with van der Waals surface area (Å²) < 4.78 is 47.5. The van der Waals surface area contributed by atoms with Crippen LogP contribution in [-0.4, -0.2) is 86.9 Å². The Hall–Kier alpha value is -3.23. The van der Waals surface area contributed by atoms with Crippen molar-refractivity contribution in [2.75, 3.05) is 51.6 Å². The summed E-state index contributed by atoms with van der Waals surface area (Å²) in [5.74, 6) is 1.48. The number of carbonyl (C=O) groups is 2. The zero-order valence-corrected chi connectivity index (χ0v) is 26.5. The molecule has 2 aliphatic carbocycles. The van der Waals surface area contributed by atoms with Crippen LogP contribution in [0.3, 0.4) is 0 Å². The lowest BCUT2D eigenvalue weighted by molar-refractivity contribution is -0.130. The van der Waals surface area contributed by atoms with E-state index in [0.717, 1.165) is 25.7 Å². The lowest BCUT2D eigenvalue weighted by atomic mass is 9.70. The summed E-state index contributed by atoms with van der Waals surface area (Å²) in [7, 11) is 0.796. The van der Waals surface area contributed by atoms with Crippen LogP contribution in [0.15, 0.2) is 12.1 Å². The van der Waals surface area contributed by atoms with E-state index in [1.54, 1.807) is 26.4 Å². The third-order valence-electron chi connectivity index (χ3n) is 9.54. The quantitative estimate of drug-likeness (QED) is 0.275. The van der Waals surface area contributed by atoms with Gasteiger partial charge in [-0.15, -0.1) is 0 Å². The number of aromatic nitrogens is 2. The van der Waals surface area contributed by atoms with Crippen LogP contribution in [0.5, 0.6) is 11.5 Å². The van der Waals surface area contributed by atoms with Crippen LogP contribution >= 0.6 is 0 Å². The Kier molecular flexibility index (Phi) is 9.43. The number of hydrogen-bond acceptors (Lipinski definition) is 11. The number of nitrogens with one attached hydrogen (secondary N) is 1. The highest BCUT2D eigenvalue weighted by Gasteiger charge is 2.69. The van der Waals surface area contributed by atoms with Gasteiger partial charge in [-0.05, 0) is 49.5 Å². The first-order valence-corrected chi connectivity index (χ1v) is 16.0. The fourth-order valence-corrected chi connectivity index (χ4v) is 7.93. The Labute approximate surface area is 252 Å². The standard InChI is InChI=1S/C19H27N5O4.C10H16O4S/c1-24(8-5-7-21-18(25)14-6-4-9-28-14)19-22-13-11-16(27-3)15(26-2)10-12(13)17(20)23-19;1-9(2)6-4-5-10(9,3)8(11)7(6)15(12,13)14/h10-11,14H,4-9H2,1-3H3,(H,21,25)(H2,20,22,23);6-7H,4-5H2,1-3H3,(H,12,13,14). The fourth-order valence-electron chi connectivity index (χ4n) is 6.51. The summed E-state index contributed by atoms with van der Waals surface area (Å²) in [6, 6.07) is 3.55. The molecule has 4 atom stereocenters. The monoisotopic (exact) mass is 621 g/mol. The van der Waals surface area contributed by atoms with Crippen LogP contribution in [0.25, 0.3) is 10.9 Å². The zero-order chi connectivity index (χ0) is 31.7. The molecule has 238 valence electrons. The molecule has 1 aromatic carbocycles. The number of benzene rings is 1. The van der Waals surface area contributed by atoms with E-state index in [0.29, 0.717) is 60.3 Å². The third kappa shape index (κ3) is 6.22. The second kappa shape index (κ2) is 12.4. The van der Waals surface area contributed by atoms with Gasteiger partial charge in [-0.2, -0.15) is 13.4 Å². The first-order chi connectivity index (χ1) is 20.2. The van der Waals surface area contributed by atoms with Gasteiger partial charge in [0.15, 0.2) is 17.3 Å². The number of nitrogens with two attached hydrogens (primary N) is 1. The molecule has 14 heteroatoms. The molecule has 2 aromatic rings. The van der Waals surface area contributed by atoms with Gasteiger partial charge >= 0.3 is 0 Å². The molecule has 5 rings (SSSR count). The molecule has 1 amide bonds. The van der Waals surface area contributed by atoms with Crippen LogP contribution < -0.4 is 25.4 Å². The number of Topliss-reactive ketones (excluding diaryl/α,β-unsaturated/α-hetero) is 1.